The normalized spacial score (nSPS) is 16.8. The van der Waals surface area contributed by atoms with E-state index in [0.717, 1.165) is 45.1 Å². The summed E-state index contributed by atoms with van der Waals surface area (Å²) in [7, 11) is 0. The van der Waals surface area contributed by atoms with Crippen LogP contribution >= 0.6 is 12.2 Å². The van der Waals surface area contributed by atoms with Crippen molar-refractivity contribution in [1.29, 1.82) is 0 Å². The first kappa shape index (κ1) is 26.6. The summed E-state index contributed by atoms with van der Waals surface area (Å²) in [6.07, 6.45) is 2.05. The standard InChI is InChI=1S/C31H32FN5OS/c1-19-8-9-20(2)27(17-19)34-28(38)14-16-36-30(29(35-31(36)39)26-7-5-6-15-33-26)25-18-21(3)37(22(25)4)24-12-10-23(32)11-13-24/h5-13,15,17-18,29-30H,14,16H2,1-4H3,(H,34,38)(H,35,39)/t29-,30+/m1/s1. The number of hydrogen-bond acceptors (Lipinski definition) is 3. The number of carbonyl (C=O) groups is 1. The lowest BCUT2D eigenvalue weighted by atomic mass is 9.96. The Morgan fingerprint density at radius 3 is 2.54 bits per heavy atom. The number of nitrogens with one attached hydrogen (secondary N) is 2. The van der Waals surface area contributed by atoms with Crippen LogP contribution < -0.4 is 10.6 Å². The first-order chi connectivity index (χ1) is 18.7. The third kappa shape index (κ3) is 5.43. The Morgan fingerprint density at radius 2 is 1.82 bits per heavy atom. The Bertz CT molecular complexity index is 1520. The Balaban J connectivity index is 1.46. The Labute approximate surface area is 233 Å². The van der Waals surface area contributed by atoms with Crippen LogP contribution in [0.25, 0.3) is 5.69 Å². The van der Waals surface area contributed by atoms with Crippen molar-refractivity contribution in [1.82, 2.24) is 19.8 Å². The average Bonchev–Trinajstić information content (AvgIpc) is 3.40. The lowest BCUT2D eigenvalue weighted by molar-refractivity contribution is -0.116. The van der Waals surface area contributed by atoms with Crippen molar-refractivity contribution in [2.24, 2.45) is 0 Å². The molecule has 0 saturated carbocycles. The molecule has 1 aliphatic heterocycles. The summed E-state index contributed by atoms with van der Waals surface area (Å²) < 4.78 is 15.8. The average molecular weight is 542 g/mol. The SMILES string of the molecule is Cc1ccc(C)c(NC(=O)CCN2C(=S)N[C@H](c3ccccn3)[C@@H]2c2cc(C)n(-c3ccc(F)cc3)c2C)c1. The van der Waals surface area contributed by atoms with E-state index in [0.29, 0.717) is 11.7 Å². The first-order valence-electron chi connectivity index (χ1n) is 13.0. The zero-order valence-electron chi connectivity index (χ0n) is 22.5. The number of thiocarbonyl (C=S) groups is 1. The van der Waals surface area contributed by atoms with Crippen LogP contribution in [-0.4, -0.2) is 32.0 Å². The third-order valence-corrected chi connectivity index (χ3v) is 7.67. The number of halogens is 1. The summed E-state index contributed by atoms with van der Waals surface area (Å²) >= 11 is 5.81. The van der Waals surface area contributed by atoms with Crippen LogP contribution in [0.2, 0.25) is 0 Å². The molecule has 2 N–H and O–H groups in total. The molecule has 5 rings (SSSR count). The van der Waals surface area contributed by atoms with Crippen LogP contribution in [0.1, 0.15) is 52.3 Å². The Morgan fingerprint density at radius 1 is 1.05 bits per heavy atom. The van der Waals surface area contributed by atoms with Crippen molar-refractivity contribution in [2.45, 2.75) is 46.2 Å². The molecule has 39 heavy (non-hydrogen) atoms. The summed E-state index contributed by atoms with van der Waals surface area (Å²) in [5, 5.41) is 7.11. The molecule has 200 valence electrons. The molecule has 8 heteroatoms. The minimum absolute atomic E-state index is 0.0664. The topological polar surface area (TPSA) is 62.2 Å². The zero-order valence-corrected chi connectivity index (χ0v) is 23.3. The molecule has 1 fully saturated rings. The monoisotopic (exact) mass is 541 g/mol. The van der Waals surface area contributed by atoms with E-state index in [1.807, 2.05) is 57.2 Å². The van der Waals surface area contributed by atoms with Crippen molar-refractivity contribution < 1.29 is 9.18 Å². The zero-order chi connectivity index (χ0) is 27.7. The second kappa shape index (κ2) is 11.0. The van der Waals surface area contributed by atoms with E-state index in [-0.39, 0.29) is 30.2 Å². The van der Waals surface area contributed by atoms with E-state index in [4.69, 9.17) is 12.2 Å². The maximum Gasteiger partial charge on any atom is 0.226 e. The van der Waals surface area contributed by atoms with Gasteiger partial charge in [-0.15, -0.1) is 0 Å². The molecular weight excluding hydrogens is 509 g/mol. The largest absolute Gasteiger partial charge is 0.352 e. The molecule has 0 radical (unpaired) electrons. The van der Waals surface area contributed by atoms with Gasteiger partial charge in [0.1, 0.15) is 5.82 Å². The quantitative estimate of drug-likeness (QED) is 0.271. The van der Waals surface area contributed by atoms with Crippen molar-refractivity contribution in [2.75, 3.05) is 11.9 Å². The molecule has 1 aliphatic rings. The van der Waals surface area contributed by atoms with Gasteiger partial charge >= 0.3 is 0 Å². The van der Waals surface area contributed by atoms with Crippen molar-refractivity contribution >= 4 is 28.9 Å². The summed E-state index contributed by atoms with van der Waals surface area (Å²) in [5.41, 5.74) is 7.84. The number of carbonyl (C=O) groups excluding carboxylic acids is 1. The van der Waals surface area contributed by atoms with Crippen molar-refractivity contribution in [3.8, 4) is 5.69 Å². The molecular formula is C31H32FN5OS. The van der Waals surface area contributed by atoms with Gasteiger partial charge in [0.05, 0.1) is 17.8 Å². The molecule has 1 saturated heterocycles. The number of rotatable bonds is 7. The van der Waals surface area contributed by atoms with Crippen LogP contribution in [0.15, 0.2) is 72.9 Å². The van der Waals surface area contributed by atoms with Gasteiger partial charge in [-0.3, -0.25) is 9.78 Å². The number of nitrogens with zero attached hydrogens (tertiary/aromatic N) is 3. The van der Waals surface area contributed by atoms with Crippen molar-refractivity contribution in [3.05, 3.63) is 113 Å². The highest BCUT2D eigenvalue weighted by atomic mass is 32.1. The lowest BCUT2D eigenvalue weighted by Crippen LogP contribution is -2.33. The van der Waals surface area contributed by atoms with Gasteiger partial charge in [-0.05, 0) is 105 Å². The summed E-state index contributed by atoms with van der Waals surface area (Å²) in [6.45, 7) is 8.54. The van der Waals surface area contributed by atoms with Gasteiger partial charge in [-0.1, -0.05) is 18.2 Å². The molecule has 0 unspecified atom stereocenters. The minimum atomic E-state index is -0.271. The van der Waals surface area contributed by atoms with Gasteiger partial charge in [0.2, 0.25) is 5.91 Å². The molecule has 0 aliphatic carbocycles. The summed E-state index contributed by atoms with van der Waals surface area (Å²) in [6, 6.07) is 20.2. The van der Waals surface area contributed by atoms with Gasteiger partial charge in [0.25, 0.3) is 0 Å². The molecule has 3 heterocycles. The highest BCUT2D eigenvalue weighted by molar-refractivity contribution is 7.80. The second-order valence-corrected chi connectivity index (χ2v) is 10.5. The third-order valence-electron chi connectivity index (χ3n) is 7.32. The van der Waals surface area contributed by atoms with Crippen LogP contribution in [0.4, 0.5) is 10.1 Å². The fraction of sp³-hybridized carbons (Fsp3) is 0.258. The molecule has 2 atom stereocenters. The fourth-order valence-corrected chi connectivity index (χ4v) is 5.70. The summed E-state index contributed by atoms with van der Waals surface area (Å²) in [5.74, 6) is -0.337. The Hall–Kier alpha value is -4.04. The van der Waals surface area contributed by atoms with E-state index in [1.54, 1.807) is 18.3 Å². The maximum absolute atomic E-state index is 13.6. The number of anilines is 1. The molecule has 2 aromatic carbocycles. The van der Waals surface area contributed by atoms with E-state index in [9.17, 15) is 9.18 Å². The summed E-state index contributed by atoms with van der Waals surface area (Å²) in [4.78, 5) is 19.7. The molecule has 0 spiro atoms. The van der Waals surface area contributed by atoms with Crippen LogP contribution in [0.3, 0.4) is 0 Å². The second-order valence-electron chi connectivity index (χ2n) is 10.1. The Kier molecular flexibility index (Phi) is 7.48. The number of amides is 1. The maximum atomic E-state index is 13.6. The molecule has 0 bridgehead atoms. The van der Waals surface area contributed by atoms with E-state index >= 15 is 0 Å². The van der Waals surface area contributed by atoms with Gasteiger partial charge in [-0.2, -0.15) is 0 Å². The van der Waals surface area contributed by atoms with E-state index in [1.165, 1.54) is 12.1 Å². The van der Waals surface area contributed by atoms with Crippen molar-refractivity contribution in [3.63, 3.8) is 0 Å². The minimum Gasteiger partial charge on any atom is -0.352 e. The van der Waals surface area contributed by atoms with Crippen LogP contribution in [0.5, 0.6) is 0 Å². The highest BCUT2D eigenvalue weighted by Crippen LogP contribution is 2.41. The molecule has 1 amide bonds. The number of benzene rings is 2. The van der Waals surface area contributed by atoms with Gasteiger partial charge in [0.15, 0.2) is 5.11 Å². The number of pyridine rings is 1. The lowest BCUT2D eigenvalue weighted by Gasteiger charge is -2.28. The molecule has 2 aromatic heterocycles. The number of aromatic nitrogens is 2. The fourth-order valence-electron chi connectivity index (χ4n) is 5.36. The number of aryl methyl sites for hydroxylation is 3. The van der Waals surface area contributed by atoms with Gasteiger partial charge < -0.3 is 20.1 Å². The predicted octanol–water partition coefficient (Wildman–Crippen LogP) is 6.25. The smallest absolute Gasteiger partial charge is 0.226 e. The van der Waals surface area contributed by atoms with Gasteiger partial charge in [0, 0.05) is 41.9 Å². The molecule has 6 nitrogen and oxygen atoms in total. The highest BCUT2D eigenvalue weighted by Gasteiger charge is 2.41. The van der Waals surface area contributed by atoms with Gasteiger partial charge in [-0.25, -0.2) is 4.39 Å². The predicted molar refractivity (Wildman–Crippen MR) is 157 cm³/mol. The van der Waals surface area contributed by atoms with E-state index in [2.05, 4.69) is 38.1 Å². The van der Waals surface area contributed by atoms with E-state index < -0.39 is 0 Å². The first-order valence-corrected chi connectivity index (χ1v) is 13.4. The molecule has 4 aromatic rings. The van der Waals surface area contributed by atoms with Crippen LogP contribution in [0, 0.1) is 33.5 Å². The van der Waals surface area contributed by atoms with Crippen LogP contribution in [-0.2, 0) is 4.79 Å². The number of hydrogen-bond donors (Lipinski definition) is 2.